The highest BCUT2D eigenvalue weighted by Crippen LogP contribution is 2.33. The van der Waals surface area contributed by atoms with Crippen molar-refractivity contribution in [3.8, 4) is 28.5 Å². The summed E-state index contributed by atoms with van der Waals surface area (Å²) in [7, 11) is 3.23. The van der Waals surface area contributed by atoms with Gasteiger partial charge in [-0.1, -0.05) is 12.1 Å². The Hall–Kier alpha value is -3.06. The van der Waals surface area contributed by atoms with Crippen LogP contribution >= 0.6 is 11.3 Å². The van der Waals surface area contributed by atoms with Crippen molar-refractivity contribution in [3.63, 3.8) is 0 Å². The van der Waals surface area contributed by atoms with Crippen LogP contribution in [0.25, 0.3) is 11.3 Å². The standard InChI is InChI=1S/C20H21N3O3S/c1-4-26-16-7-5-6-14(10-16)12-21-23-20-22-17(13-27-20)15-8-9-18(24-2)19(11-15)25-3/h5-13H,4H2,1-3H3,(H,22,23)/b21-12-. The molecule has 27 heavy (non-hydrogen) atoms. The topological polar surface area (TPSA) is 65.0 Å². The van der Waals surface area contributed by atoms with E-state index in [0.717, 1.165) is 22.6 Å². The summed E-state index contributed by atoms with van der Waals surface area (Å²) in [5, 5.41) is 6.93. The van der Waals surface area contributed by atoms with Crippen LogP contribution in [0.15, 0.2) is 52.9 Å². The third-order valence-corrected chi connectivity index (χ3v) is 4.47. The molecule has 0 fully saturated rings. The first-order valence-electron chi connectivity index (χ1n) is 8.43. The van der Waals surface area contributed by atoms with Crippen molar-refractivity contribution < 1.29 is 14.2 Å². The summed E-state index contributed by atoms with van der Waals surface area (Å²) in [5.74, 6) is 2.19. The molecule has 1 heterocycles. The average molecular weight is 383 g/mol. The molecule has 0 unspecified atom stereocenters. The van der Waals surface area contributed by atoms with Gasteiger partial charge < -0.3 is 14.2 Å². The van der Waals surface area contributed by atoms with Gasteiger partial charge in [0.05, 0.1) is 32.7 Å². The molecule has 0 saturated heterocycles. The van der Waals surface area contributed by atoms with Crippen LogP contribution in [0.4, 0.5) is 5.13 Å². The number of nitrogens with one attached hydrogen (secondary N) is 1. The molecule has 0 spiro atoms. The molecule has 3 rings (SSSR count). The summed E-state index contributed by atoms with van der Waals surface area (Å²) in [6.07, 6.45) is 1.74. The molecule has 3 aromatic rings. The molecule has 1 aromatic heterocycles. The summed E-state index contributed by atoms with van der Waals surface area (Å²) in [6, 6.07) is 13.5. The molecule has 0 bridgehead atoms. The lowest BCUT2D eigenvalue weighted by Gasteiger charge is -2.08. The van der Waals surface area contributed by atoms with E-state index in [9.17, 15) is 0 Å². The third-order valence-electron chi connectivity index (χ3n) is 3.73. The Kier molecular flexibility index (Phi) is 6.27. The van der Waals surface area contributed by atoms with Crippen LogP contribution in [0.1, 0.15) is 12.5 Å². The molecule has 1 N–H and O–H groups in total. The van der Waals surface area contributed by atoms with E-state index in [2.05, 4.69) is 15.5 Å². The lowest BCUT2D eigenvalue weighted by atomic mass is 10.1. The van der Waals surface area contributed by atoms with Crippen LogP contribution in [-0.2, 0) is 0 Å². The van der Waals surface area contributed by atoms with Crippen molar-refractivity contribution in [1.29, 1.82) is 0 Å². The van der Waals surface area contributed by atoms with Gasteiger partial charge in [0.1, 0.15) is 5.75 Å². The van der Waals surface area contributed by atoms with Crippen LogP contribution in [0.2, 0.25) is 0 Å². The van der Waals surface area contributed by atoms with Crippen molar-refractivity contribution in [3.05, 3.63) is 53.4 Å². The molecule has 2 aromatic carbocycles. The minimum absolute atomic E-state index is 0.636. The fourth-order valence-corrected chi connectivity index (χ4v) is 3.14. The second kappa shape index (κ2) is 9.05. The van der Waals surface area contributed by atoms with Gasteiger partial charge in [0.25, 0.3) is 0 Å². The minimum atomic E-state index is 0.636. The second-order valence-electron chi connectivity index (χ2n) is 5.48. The van der Waals surface area contributed by atoms with E-state index in [-0.39, 0.29) is 0 Å². The van der Waals surface area contributed by atoms with Gasteiger partial charge in [-0.15, -0.1) is 11.3 Å². The number of nitrogens with zero attached hydrogens (tertiary/aromatic N) is 2. The van der Waals surface area contributed by atoms with Crippen molar-refractivity contribution in [2.24, 2.45) is 5.10 Å². The van der Waals surface area contributed by atoms with E-state index in [4.69, 9.17) is 14.2 Å². The largest absolute Gasteiger partial charge is 0.494 e. The van der Waals surface area contributed by atoms with Crippen molar-refractivity contribution in [2.75, 3.05) is 26.3 Å². The lowest BCUT2D eigenvalue weighted by Crippen LogP contribution is -1.93. The highest BCUT2D eigenvalue weighted by Gasteiger charge is 2.09. The van der Waals surface area contributed by atoms with E-state index in [0.29, 0.717) is 23.2 Å². The minimum Gasteiger partial charge on any atom is -0.494 e. The van der Waals surface area contributed by atoms with Gasteiger partial charge in [0, 0.05) is 10.9 Å². The molecule has 0 aliphatic carbocycles. The molecule has 0 saturated carbocycles. The van der Waals surface area contributed by atoms with Crippen molar-refractivity contribution >= 4 is 22.7 Å². The first-order chi connectivity index (χ1) is 13.2. The van der Waals surface area contributed by atoms with Crippen LogP contribution in [0, 0.1) is 0 Å². The van der Waals surface area contributed by atoms with Gasteiger partial charge in [-0.05, 0) is 42.8 Å². The summed E-state index contributed by atoms with van der Waals surface area (Å²) >= 11 is 1.48. The fourth-order valence-electron chi connectivity index (χ4n) is 2.47. The second-order valence-corrected chi connectivity index (χ2v) is 6.34. The number of hydrogen-bond donors (Lipinski definition) is 1. The zero-order chi connectivity index (χ0) is 19.1. The van der Waals surface area contributed by atoms with E-state index < -0.39 is 0 Å². The molecule has 140 valence electrons. The average Bonchev–Trinajstić information content (AvgIpc) is 3.17. The zero-order valence-corrected chi connectivity index (χ0v) is 16.2. The predicted molar refractivity (Wildman–Crippen MR) is 109 cm³/mol. The molecule has 0 aliphatic heterocycles. The van der Waals surface area contributed by atoms with Crippen LogP contribution in [0.3, 0.4) is 0 Å². The molecular weight excluding hydrogens is 362 g/mol. The van der Waals surface area contributed by atoms with Crippen LogP contribution in [-0.4, -0.2) is 32.0 Å². The van der Waals surface area contributed by atoms with Gasteiger partial charge in [-0.2, -0.15) is 5.10 Å². The van der Waals surface area contributed by atoms with Gasteiger partial charge in [0.2, 0.25) is 5.13 Å². The van der Waals surface area contributed by atoms with E-state index in [1.54, 1.807) is 20.4 Å². The van der Waals surface area contributed by atoms with Crippen molar-refractivity contribution in [2.45, 2.75) is 6.92 Å². The quantitative estimate of drug-likeness (QED) is 0.452. The molecule has 6 nitrogen and oxygen atoms in total. The Morgan fingerprint density at radius 3 is 2.74 bits per heavy atom. The summed E-state index contributed by atoms with van der Waals surface area (Å²) in [4.78, 5) is 4.56. The summed E-state index contributed by atoms with van der Waals surface area (Å²) in [6.45, 7) is 2.59. The number of rotatable bonds is 8. The first kappa shape index (κ1) is 18.7. The number of aromatic nitrogens is 1. The Morgan fingerprint density at radius 1 is 1.11 bits per heavy atom. The maximum absolute atomic E-state index is 5.49. The van der Waals surface area contributed by atoms with Crippen LogP contribution < -0.4 is 19.6 Å². The smallest absolute Gasteiger partial charge is 0.203 e. The van der Waals surface area contributed by atoms with Crippen LogP contribution in [0.5, 0.6) is 17.2 Å². The number of anilines is 1. The maximum atomic E-state index is 5.49. The van der Waals surface area contributed by atoms with E-state index in [1.165, 1.54) is 11.3 Å². The molecule has 0 atom stereocenters. The Morgan fingerprint density at radius 2 is 1.96 bits per heavy atom. The molecular formula is C20H21N3O3S. The Balaban J connectivity index is 1.68. The van der Waals surface area contributed by atoms with Gasteiger partial charge in [-0.25, -0.2) is 4.98 Å². The number of ether oxygens (including phenoxy) is 3. The third kappa shape index (κ3) is 4.77. The molecule has 0 aliphatic rings. The SMILES string of the molecule is CCOc1cccc(/C=N\Nc2nc(-c3ccc(OC)c(OC)c3)cs2)c1. The van der Waals surface area contributed by atoms with E-state index in [1.807, 2.05) is 54.8 Å². The van der Waals surface area contributed by atoms with Gasteiger partial charge >= 0.3 is 0 Å². The Labute approximate surface area is 162 Å². The first-order valence-corrected chi connectivity index (χ1v) is 9.31. The fraction of sp³-hybridized carbons (Fsp3) is 0.200. The number of methoxy groups -OCH3 is 2. The zero-order valence-electron chi connectivity index (χ0n) is 15.4. The number of thiazole rings is 1. The highest BCUT2D eigenvalue weighted by atomic mass is 32.1. The molecule has 7 heteroatoms. The predicted octanol–water partition coefficient (Wildman–Crippen LogP) is 4.67. The Bertz CT molecular complexity index is 924. The van der Waals surface area contributed by atoms with E-state index >= 15 is 0 Å². The number of benzene rings is 2. The lowest BCUT2D eigenvalue weighted by molar-refractivity contribution is 0.340. The number of hydrazone groups is 1. The summed E-state index contributed by atoms with van der Waals surface area (Å²) < 4.78 is 16.1. The number of hydrogen-bond acceptors (Lipinski definition) is 7. The molecule has 0 amide bonds. The highest BCUT2D eigenvalue weighted by molar-refractivity contribution is 7.14. The van der Waals surface area contributed by atoms with Gasteiger partial charge in [0.15, 0.2) is 11.5 Å². The monoisotopic (exact) mass is 383 g/mol. The molecule has 0 radical (unpaired) electrons. The summed E-state index contributed by atoms with van der Waals surface area (Å²) in [5.41, 5.74) is 5.71. The maximum Gasteiger partial charge on any atom is 0.203 e. The normalized spacial score (nSPS) is 10.8. The van der Waals surface area contributed by atoms with Gasteiger partial charge in [-0.3, -0.25) is 5.43 Å². The van der Waals surface area contributed by atoms with Crippen molar-refractivity contribution in [1.82, 2.24) is 4.98 Å².